The molecule has 0 spiro atoms. The molecule has 144 valence electrons. The third-order valence-electron chi connectivity index (χ3n) is 4.21. The van der Waals surface area contributed by atoms with Gasteiger partial charge in [-0.1, -0.05) is 30.3 Å². The highest BCUT2D eigenvalue weighted by molar-refractivity contribution is 7.10. The quantitative estimate of drug-likeness (QED) is 0.488. The summed E-state index contributed by atoms with van der Waals surface area (Å²) in [5.41, 5.74) is 7.93. The largest absolute Gasteiger partial charge is 0.452 e. The Morgan fingerprint density at radius 3 is 2.57 bits per heavy atom. The first-order valence-corrected chi connectivity index (χ1v) is 9.44. The van der Waals surface area contributed by atoms with Gasteiger partial charge in [0.2, 0.25) is 0 Å². The van der Waals surface area contributed by atoms with Gasteiger partial charge < -0.3 is 15.8 Å². The third kappa shape index (κ3) is 4.55. The Bertz CT molecular complexity index is 972. The predicted molar refractivity (Wildman–Crippen MR) is 107 cm³/mol. The van der Waals surface area contributed by atoms with Crippen molar-refractivity contribution < 1.29 is 18.7 Å². The summed E-state index contributed by atoms with van der Waals surface area (Å²) in [4.78, 5) is 25.5. The number of hydrogen-bond donors (Lipinski definition) is 2. The lowest BCUT2D eigenvalue weighted by Gasteiger charge is -2.18. The molecule has 7 heteroatoms. The standard InChI is InChI=1S/C21H19FN2O3S/c1-13-4-2-5-16(19(13)23)21(26)27-12-18(25)24-20(17-6-3-11-28-17)14-7-9-15(22)10-8-14/h2-11,20H,12,23H2,1H3,(H,24,25). The average molecular weight is 398 g/mol. The molecule has 28 heavy (non-hydrogen) atoms. The van der Waals surface area contributed by atoms with Crippen molar-refractivity contribution in [3.63, 3.8) is 0 Å². The van der Waals surface area contributed by atoms with E-state index in [4.69, 9.17) is 10.5 Å². The molecule has 0 radical (unpaired) electrons. The topological polar surface area (TPSA) is 81.4 Å². The van der Waals surface area contributed by atoms with Gasteiger partial charge in [0, 0.05) is 10.6 Å². The Hall–Kier alpha value is -3.19. The van der Waals surface area contributed by atoms with E-state index in [1.807, 2.05) is 17.5 Å². The lowest BCUT2D eigenvalue weighted by molar-refractivity contribution is -0.124. The van der Waals surface area contributed by atoms with Crippen LogP contribution in [0.15, 0.2) is 60.0 Å². The number of carbonyl (C=O) groups excluding carboxylic acids is 2. The van der Waals surface area contributed by atoms with Crippen molar-refractivity contribution in [1.82, 2.24) is 5.32 Å². The number of hydrogen-bond acceptors (Lipinski definition) is 5. The highest BCUT2D eigenvalue weighted by Gasteiger charge is 2.20. The van der Waals surface area contributed by atoms with Crippen molar-refractivity contribution in [3.05, 3.63) is 87.4 Å². The molecular formula is C21H19FN2O3S. The molecule has 0 bridgehead atoms. The van der Waals surface area contributed by atoms with Crippen LogP contribution in [0, 0.1) is 12.7 Å². The van der Waals surface area contributed by atoms with Crippen LogP contribution in [-0.2, 0) is 9.53 Å². The predicted octanol–water partition coefficient (Wildman–Crippen LogP) is 3.84. The van der Waals surface area contributed by atoms with E-state index in [0.29, 0.717) is 5.69 Å². The molecule has 3 aromatic rings. The van der Waals surface area contributed by atoms with Crippen molar-refractivity contribution in [1.29, 1.82) is 0 Å². The number of amides is 1. The van der Waals surface area contributed by atoms with E-state index in [1.165, 1.54) is 23.5 Å². The van der Waals surface area contributed by atoms with Crippen LogP contribution >= 0.6 is 11.3 Å². The normalized spacial score (nSPS) is 11.6. The maximum Gasteiger partial charge on any atom is 0.340 e. The molecule has 1 atom stereocenters. The summed E-state index contributed by atoms with van der Waals surface area (Å²) in [6, 6.07) is 14.2. The fourth-order valence-corrected chi connectivity index (χ4v) is 3.50. The van der Waals surface area contributed by atoms with Crippen LogP contribution in [0.4, 0.5) is 10.1 Å². The average Bonchev–Trinajstić information content (AvgIpc) is 3.21. The molecule has 0 saturated carbocycles. The molecule has 0 aliphatic rings. The van der Waals surface area contributed by atoms with Crippen LogP contribution < -0.4 is 11.1 Å². The molecule has 0 saturated heterocycles. The molecule has 5 nitrogen and oxygen atoms in total. The summed E-state index contributed by atoms with van der Waals surface area (Å²) in [6.45, 7) is 1.34. The number of thiophene rings is 1. The van der Waals surface area contributed by atoms with Crippen molar-refractivity contribution in [2.24, 2.45) is 0 Å². The smallest absolute Gasteiger partial charge is 0.340 e. The molecule has 1 heterocycles. The maximum absolute atomic E-state index is 13.2. The molecule has 3 N–H and O–H groups in total. The number of carbonyl (C=O) groups is 2. The van der Waals surface area contributed by atoms with Gasteiger partial charge in [-0.25, -0.2) is 9.18 Å². The van der Waals surface area contributed by atoms with E-state index in [-0.39, 0.29) is 11.4 Å². The van der Waals surface area contributed by atoms with Crippen molar-refractivity contribution >= 4 is 28.9 Å². The van der Waals surface area contributed by atoms with E-state index in [1.54, 1.807) is 37.3 Å². The van der Waals surface area contributed by atoms with Crippen molar-refractivity contribution in [2.75, 3.05) is 12.3 Å². The van der Waals surface area contributed by atoms with Crippen LogP contribution in [0.5, 0.6) is 0 Å². The van der Waals surface area contributed by atoms with Gasteiger partial charge in [-0.05, 0) is 47.7 Å². The number of rotatable bonds is 6. The Balaban J connectivity index is 1.68. The number of anilines is 1. The minimum atomic E-state index is -0.661. The van der Waals surface area contributed by atoms with Crippen LogP contribution in [0.2, 0.25) is 0 Å². The SMILES string of the molecule is Cc1cccc(C(=O)OCC(=O)NC(c2ccc(F)cc2)c2cccs2)c1N. The Morgan fingerprint density at radius 1 is 1.14 bits per heavy atom. The second-order valence-corrected chi connectivity index (χ2v) is 7.16. The molecule has 0 aliphatic carbocycles. The molecule has 0 fully saturated rings. The number of halogens is 1. The van der Waals surface area contributed by atoms with E-state index in [0.717, 1.165) is 16.0 Å². The monoisotopic (exact) mass is 398 g/mol. The number of nitrogens with one attached hydrogen (secondary N) is 1. The molecular weight excluding hydrogens is 379 g/mol. The van der Waals surface area contributed by atoms with Crippen LogP contribution in [-0.4, -0.2) is 18.5 Å². The zero-order chi connectivity index (χ0) is 20.1. The van der Waals surface area contributed by atoms with Gasteiger partial charge in [-0.15, -0.1) is 11.3 Å². The van der Waals surface area contributed by atoms with Gasteiger partial charge in [0.15, 0.2) is 6.61 Å². The summed E-state index contributed by atoms with van der Waals surface area (Å²) in [7, 11) is 0. The van der Waals surface area contributed by atoms with Gasteiger partial charge in [0.05, 0.1) is 11.6 Å². The summed E-state index contributed by atoms with van der Waals surface area (Å²) < 4.78 is 18.3. The maximum atomic E-state index is 13.2. The molecule has 0 aliphatic heterocycles. The first-order valence-electron chi connectivity index (χ1n) is 8.56. The highest BCUT2D eigenvalue weighted by atomic mass is 32.1. The number of nitrogens with two attached hydrogens (primary N) is 1. The van der Waals surface area contributed by atoms with Gasteiger partial charge in [-0.3, -0.25) is 4.79 Å². The molecule has 2 aromatic carbocycles. The zero-order valence-electron chi connectivity index (χ0n) is 15.1. The number of benzene rings is 2. The van der Waals surface area contributed by atoms with Gasteiger partial charge >= 0.3 is 5.97 Å². The van der Waals surface area contributed by atoms with Gasteiger partial charge in [-0.2, -0.15) is 0 Å². The zero-order valence-corrected chi connectivity index (χ0v) is 16.0. The number of nitrogen functional groups attached to an aromatic ring is 1. The molecule has 1 aromatic heterocycles. The van der Waals surface area contributed by atoms with Gasteiger partial charge in [0.25, 0.3) is 5.91 Å². The molecule has 1 amide bonds. The van der Waals surface area contributed by atoms with Crippen LogP contribution in [0.25, 0.3) is 0 Å². The summed E-state index contributed by atoms with van der Waals surface area (Å²) in [5.74, 6) is -1.49. The summed E-state index contributed by atoms with van der Waals surface area (Å²) >= 11 is 1.46. The summed E-state index contributed by atoms with van der Waals surface area (Å²) in [5, 5.41) is 4.72. The van der Waals surface area contributed by atoms with Crippen molar-refractivity contribution in [3.8, 4) is 0 Å². The minimum absolute atomic E-state index is 0.223. The first kappa shape index (κ1) is 19.6. The number of aryl methyl sites for hydroxylation is 1. The fraction of sp³-hybridized carbons (Fsp3) is 0.143. The lowest BCUT2D eigenvalue weighted by Crippen LogP contribution is -2.32. The van der Waals surface area contributed by atoms with Crippen LogP contribution in [0.3, 0.4) is 0 Å². The number of esters is 1. The Kier molecular flexibility index (Phi) is 6.06. The fourth-order valence-electron chi connectivity index (χ4n) is 2.70. The Morgan fingerprint density at radius 2 is 1.89 bits per heavy atom. The minimum Gasteiger partial charge on any atom is -0.452 e. The number of ether oxygens (including phenoxy) is 1. The summed E-state index contributed by atoms with van der Waals surface area (Å²) in [6.07, 6.45) is 0. The van der Waals surface area contributed by atoms with Gasteiger partial charge in [0.1, 0.15) is 5.82 Å². The van der Waals surface area contributed by atoms with Crippen molar-refractivity contribution in [2.45, 2.75) is 13.0 Å². The second kappa shape index (κ2) is 8.67. The molecule has 3 rings (SSSR count). The van der Waals surface area contributed by atoms with E-state index in [2.05, 4.69) is 5.32 Å². The lowest BCUT2D eigenvalue weighted by atomic mass is 10.1. The second-order valence-electron chi connectivity index (χ2n) is 6.18. The van der Waals surface area contributed by atoms with Crippen LogP contribution in [0.1, 0.15) is 32.4 Å². The van der Waals surface area contributed by atoms with E-state index >= 15 is 0 Å². The van der Waals surface area contributed by atoms with E-state index < -0.39 is 24.5 Å². The Labute approximate surface area is 166 Å². The first-order chi connectivity index (χ1) is 13.5. The molecule has 1 unspecified atom stereocenters. The highest BCUT2D eigenvalue weighted by Crippen LogP contribution is 2.26. The third-order valence-corrected chi connectivity index (χ3v) is 5.15. The van der Waals surface area contributed by atoms with E-state index in [9.17, 15) is 14.0 Å². The number of para-hydroxylation sites is 1.